The number of H-pyrrole nitrogens is 1. The molecule has 2 amide bonds. The lowest BCUT2D eigenvalue weighted by Gasteiger charge is -2.28. The van der Waals surface area contributed by atoms with E-state index >= 15 is 0 Å². The number of halogens is 1. The number of benzene rings is 2. The maximum atomic E-state index is 13.4. The summed E-state index contributed by atoms with van der Waals surface area (Å²) in [6, 6.07) is 16.0. The summed E-state index contributed by atoms with van der Waals surface area (Å²) in [5, 5.41) is 0.587. The number of aromatic nitrogens is 2. The van der Waals surface area contributed by atoms with Gasteiger partial charge in [0.2, 0.25) is 5.91 Å². The summed E-state index contributed by atoms with van der Waals surface area (Å²) in [4.78, 5) is 39.8. The molecule has 8 heteroatoms. The molecule has 2 aromatic carbocycles. The molecule has 2 heterocycles. The Morgan fingerprint density at radius 3 is 2.60 bits per heavy atom. The predicted octanol–water partition coefficient (Wildman–Crippen LogP) is 4.35. The van der Waals surface area contributed by atoms with Gasteiger partial charge in [-0.2, -0.15) is 0 Å². The Morgan fingerprint density at radius 2 is 1.86 bits per heavy atom. The molecule has 1 aliphatic carbocycles. The molecule has 0 unspecified atom stereocenters. The Bertz CT molecular complexity index is 1160. The van der Waals surface area contributed by atoms with Gasteiger partial charge in [0.1, 0.15) is 5.69 Å². The van der Waals surface area contributed by atoms with E-state index in [2.05, 4.69) is 27.0 Å². The minimum Gasteiger partial charge on any atom is -0.341 e. The fourth-order valence-electron chi connectivity index (χ4n) is 4.65. The first-order chi connectivity index (χ1) is 17.1. The molecule has 3 aromatic rings. The maximum Gasteiger partial charge on any atom is 0.272 e. The summed E-state index contributed by atoms with van der Waals surface area (Å²) in [7, 11) is 0. The van der Waals surface area contributed by atoms with Gasteiger partial charge in [-0.3, -0.25) is 14.5 Å². The van der Waals surface area contributed by atoms with Crippen molar-refractivity contribution >= 4 is 29.1 Å². The number of rotatable bonds is 4. The lowest BCUT2D eigenvalue weighted by atomic mass is 10.1. The van der Waals surface area contributed by atoms with Gasteiger partial charge in [0.25, 0.3) is 5.91 Å². The molecule has 0 radical (unpaired) electrons. The van der Waals surface area contributed by atoms with Crippen LogP contribution in [0.4, 0.5) is 5.69 Å². The average Bonchev–Trinajstić information content (AvgIpc) is 3.58. The number of amides is 2. The van der Waals surface area contributed by atoms with Crippen molar-refractivity contribution in [3.63, 3.8) is 0 Å². The van der Waals surface area contributed by atoms with Crippen LogP contribution in [0.1, 0.15) is 40.9 Å². The topological polar surface area (TPSA) is 72.5 Å². The van der Waals surface area contributed by atoms with E-state index in [9.17, 15) is 9.59 Å². The molecule has 35 heavy (non-hydrogen) atoms. The maximum absolute atomic E-state index is 13.4. The van der Waals surface area contributed by atoms with E-state index < -0.39 is 0 Å². The predicted molar refractivity (Wildman–Crippen MR) is 136 cm³/mol. The van der Waals surface area contributed by atoms with Crippen molar-refractivity contribution in [1.29, 1.82) is 0 Å². The molecule has 0 saturated heterocycles. The molecule has 1 aromatic heterocycles. The second-order valence-corrected chi connectivity index (χ2v) is 9.78. The molecule has 7 nitrogen and oxygen atoms in total. The number of carbonyl (C=O) groups excluding carboxylic acids is 2. The monoisotopic (exact) mass is 491 g/mol. The van der Waals surface area contributed by atoms with Crippen LogP contribution in [0.15, 0.2) is 61.1 Å². The molecule has 182 valence electrons. The van der Waals surface area contributed by atoms with Gasteiger partial charge < -0.3 is 14.8 Å². The number of aromatic amines is 1. The van der Waals surface area contributed by atoms with Crippen LogP contribution in [-0.4, -0.2) is 57.8 Å². The molecule has 5 rings (SSSR count). The number of hydrogen-bond donors (Lipinski definition) is 1. The quantitative estimate of drug-likeness (QED) is 0.588. The van der Waals surface area contributed by atoms with Crippen molar-refractivity contribution in [1.82, 2.24) is 19.8 Å². The third kappa shape index (κ3) is 5.74. The van der Waals surface area contributed by atoms with Gasteiger partial charge in [-0.05, 0) is 42.5 Å². The molecule has 2 aliphatic rings. The summed E-state index contributed by atoms with van der Waals surface area (Å²) >= 11 is 6.39. The van der Waals surface area contributed by atoms with Crippen LogP contribution in [0.25, 0.3) is 0 Å². The first kappa shape index (κ1) is 23.6. The zero-order valence-electron chi connectivity index (χ0n) is 19.7. The standard InChI is InChI=1S/C27H30ClN5O2/c28-23-10-9-22-18-32(27(35)24-16-29-19-30-24)14-13-31(17-20-5-2-1-3-6-20)11-4-12-33(25(22)15-23)26(34)21-7-8-21/h1-3,5-6,9-10,15-16,19,21H,4,7-8,11-14,17-18H2,(H,29,30). The fraction of sp³-hybridized carbons (Fsp3) is 0.370. The Morgan fingerprint density at radius 1 is 1.03 bits per heavy atom. The van der Waals surface area contributed by atoms with Crippen molar-refractivity contribution in [3.8, 4) is 0 Å². The first-order valence-corrected chi connectivity index (χ1v) is 12.6. The molecule has 1 aliphatic heterocycles. The first-order valence-electron chi connectivity index (χ1n) is 12.2. The minimum absolute atomic E-state index is 0.0927. The number of fused-ring (bicyclic) bond motifs is 1. The van der Waals surface area contributed by atoms with Crippen LogP contribution in [-0.2, 0) is 17.9 Å². The highest BCUT2D eigenvalue weighted by Gasteiger charge is 2.35. The summed E-state index contributed by atoms with van der Waals surface area (Å²) in [6.45, 7) is 3.92. The van der Waals surface area contributed by atoms with E-state index in [0.717, 1.165) is 50.1 Å². The van der Waals surface area contributed by atoms with Gasteiger partial charge in [0.05, 0.1) is 18.2 Å². The molecule has 1 saturated carbocycles. The molecular weight excluding hydrogens is 462 g/mol. The van der Waals surface area contributed by atoms with Gasteiger partial charge in [0.15, 0.2) is 0 Å². The zero-order valence-corrected chi connectivity index (χ0v) is 20.5. The van der Waals surface area contributed by atoms with E-state index in [1.54, 1.807) is 6.20 Å². The van der Waals surface area contributed by atoms with Crippen molar-refractivity contribution in [2.24, 2.45) is 5.92 Å². The lowest BCUT2D eigenvalue weighted by molar-refractivity contribution is -0.119. The number of carbonyl (C=O) groups is 2. The van der Waals surface area contributed by atoms with Crippen molar-refractivity contribution in [3.05, 3.63) is 82.9 Å². The number of anilines is 1. The van der Waals surface area contributed by atoms with Crippen molar-refractivity contribution < 1.29 is 9.59 Å². The summed E-state index contributed by atoms with van der Waals surface area (Å²) in [5.74, 6) is 0.145. The van der Waals surface area contributed by atoms with Gasteiger partial charge in [-0.1, -0.05) is 48.0 Å². The second kappa shape index (κ2) is 10.6. The highest BCUT2D eigenvalue weighted by atomic mass is 35.5. The Labute approximate surface area is 210 Å². The van der Waals surface area contributed by atoms with E-state index in [1.807, 2.05) is 46.2 Å². The van der Waals surface area contributed by atoms with Crippen LogP contribution < -0.4 is 4.90 Å². The summed E-state index contributed by atoms with van der Waals surface area (Å²) in [5.41, 5.74) is 3.42. The Kier molecular flexibility index (Phi) is 7.16. The SMILES string of the molecule is O=C(c1cnc[nH]1)N1CCN(Cc2ccccc2)CCCN(C(=O)C2CC2)c2cc(Cl)ccc2C1. The summed E-state index contributed by atoms with van der Waals surface area (Å²) in [6.07, 6.45) is 5.79. The summed E-state index contributed by atoms with van der Waals surface area (Å²) < 4.78 is 0. The van der Waals surface area contributed by atoms with Gasteiger partial charge in [-0.25, -0.2) is 4.98 Å². The Balaban J connectivity index is 1.48. The molecular formula is C27H30ClN5O2. The number of nitrogens with one attached hydrogen (secondary N) is 1. The fourth-order valence-corrected chi connectivity index (χ4v) is 4.82. The molecule has 0 spiro atoms. The van der Waals surface area contributed by atoms with Gasteiger partial charge in [-0.15, -0.1) is 0 Å². The van der Waals surface area contributed by atoms with Crippen LogP contribution >= 0.6 is 11.6 Å². The van der Waals surface area contributed by atoms with E-state index in [4.69, 9.17) is 11.6 Å². The van der Waals surface area contributed by atoms with Gasteiger partial charge >= 0.3 is 0 Å². The van der Waals surface area contributed by atoms with Crippen LogP contribution in [0.3, 0.4) is 0 Å². The van der Waals surface area contributed by atoms with Crippen LogP contribution in [0, 0.1) is 5.92 Å². The molecule has 1 fully saturated rings. The zero-order chi connectivity index (χ0) is 24.2. The third-order valence-electron chi connectivity index (χ3n) is 6.70. The number of hydrogen-bond acceptors (Lipinski definition) is 4. The molecule has 0 atom stereocenters. The normalized spacial score (nSPS) is 17.5. The lowest BCUT2D eigenvalue weighted by Crippen LogP contribution is -2.38. The van der Waals surface area contributed by atoms with Crippen molar-refractivity contribution in [2.75, 3.05) is 31.1 Å². The largest absolute Gasteiger partial charge is 0.341 e. The van der Waals surface area contributed by atoms with E-state index in [1.165, 1.54) is 11.9 Å². The number of nitrogens with zero attached hydrogens (tertiary/aromatic N) is 4. The minimum atomic E-state index is -0.109. The van der Waals surface area contributed by atoms with Crippen molar-refractivity contribution in [2.45, 2.75) is 32.4 Å². The molecule has 1 N–H and O–H groups in total. The molecule has 0 bridgehead atoms. The van der Waals surface area contributed by atoms with E-state index in [0.29, 0.717) is 30.4 Å². The highest BCUT2D eigenvalue weighted by Crippen LogP contribution is 2.35. The number of imidazole rings is 1. The van der Waals surface area contributed by atoms with Crippen LogP contribution in [0.5, 0.6) is 0 Å². The second-order valence-electron chi connectivity index (χ2n) is 9.34. The third-order valence-corrected chi connectivity index (χ3v) is 6.93. The van der Waals surface area contributed by atoms with Crippen LogP contribution in [0.2, 0.25) is 5.02 Å². The Hall–Kier alpha value is -3.16. The average molecular weight is 492 g/mol. The smallest absolute Gasteiger partial charge is 0.272 e. The van der Waals surface area contributed by atoms with E-state index in [-0.39, 0.29) is 17.7 Å². The highest BCUT2D eigenvalue weighted by molar-refractivity contribution is 6.31. The van der Waals surface area contributed by atoms with Gasteiger partial charge in [0, 0.05) is 50.2 Å².